The molecule has 0 aromatic heterocycles. The van der Waals surface area contributed by atoms with Gasteiger partial charge in [-0.2, -0.15) is 0 Å². The number of hydrogen-bond acceptors (Lipinski definition) is 6. The number of azide groups is 1. The van der Waals surface area contributed by atoms with E-state index in [4.69, 9.17) is 10.3 Å². The van der Waals surface area contributed by atoms with Crippen molar-refractivity contribution in [3.05, 3.63) is 44.3 Å². The zero-order chi connectivity index (χ0) is 15.1. The highest BCUT2D eigenvalue weighted by Gasteiger charge is 2.23. The van der Waals surface area contributed by atoms with Crippen LogP contribution in [-0.2, 0) is 0 Å². The van der Waals surface area contributed by atoms with Crippen molar-refractivity contribution in [1.29, 1.82) is 0 Å². The number of rotatable bonds is 7. The van der Waals surface area contributed by atoms with Crippen molar-refractivity contribution in [3.8, 4) is 5.75 Å². The first-order valence-electron chi connectivity index (χ1n) is 5.70. The summed E-state index contributed by atoms with van der Waals surface area (Å²) in [6.45, 7) is 0.0318. The second-order valence-corrected chi connectivity index (χ2v) is 3.94. The molecular weight excluding hydrogens is 268 g/mol. The molecule has 2 atom stereocenters. The van der Waals surface area contributed by atoms with Crippen molar-refractivity contribution in [3.63, 3.8) is 0 Å². The quantitative estimate of drug-likeness (QED) is 0.257. The summed E-state index contributed by atoms with van der Waals surface area (Å²) in [5, 5.41) is 33.7. The summed E-state index contributed by atoms with van der Waals surface area (Å²) in [6.07, 6.45) is -2.40. The Morgan fingerprint density at radius 2 is 2.25 bits per heavy atom. The van der Waals surface area contributed by atoms with Crippen LogP contribution in [0.3, 0.4) is 0 Å². The van der Waals surface area contributed by atoms with E-state index < -0.39 is 17.1 Å². The smallest absolute Gasteiger partial charge is 0.273 e. The zero-order valence-corrected chi connectivity index (χ0v) is 10.7. The maximum atomic E-state index is 10.7. The maximum absolute atomic E-state index is 10.7. The Morgan fingerprint density at radius 3 is 2.80 bits per heavy atom. The van der Waals surface area contributed by atoms with Crippen molar-refractivity contribution < 1.29 is 19.9 Å². The lowest BCUT2D eigenvalue weighted by Crippen LogP contribution is -2.19. The second-order valence-electron chi connectivity index (χ2n) is 3.94. The minimum absolute atomic E-state index is 0.0318. The second kappa shape index (κ2) is 7.29. The third kappa shape index (κ3) is 3.82. The molecule has 9 nitrogen and oxygen atoms in total. The normalized spacial score (nSPS) is 13.2. The number of methoxy groups -OCH3 is 1. The Labute approximate surface area is 114 Å². The Morgan fingerprint density at radius 1 is 1.55 bits per heavy atom. The number of aliphatic hydroxyl groups is 2. The topological polar surface area (TPSA) is 142 Å². The lowest BCUT2D eigenvalue weighted by Gasteiger charge is -2.19. The molecule has 0 aliphatic heterocycles. The number of ether oxygens (including phenoxy) is 1. The molecule has 0 fully saturated rings. The highest BCUT2D eigenvalue weighted by Crippen LogP contribution is 2.31. The van der Waals surface area contributed by atoms with Gasteiger partial charge in [0, 0.05) is 23.1 Å². The number of nitro groups is 1. The molecule has 2 N–H and O–H groups in total. The van der Waals surface area contributed by atoms with E-state index in [1.807, 2.05) is 0 Å². The van der Waals surface area contributed by atoms with Gasteiger partial charge in [0.2, 0.25) is 0 Å². The van der Waals surface area contributed by atoms with Gasteiger partial charge in [-0.3, -0.25) is 10.1 Å². The fourth-order valence-corrected chi connectivity index (χ4v) is 1.66. The zero-order valence-electron chi connectivity index (χ0n) is 10.7. The van der Waals surface area contributed by atoms with Crippen LogP contribution in [0.25, 0.3) is 10.4 Å². The van der Waals surface area contributed by atoms with Crippen molar-refractivity contribution in [2.75, 3.05) is 13.7 Å². The van der Waals surface area contributed by atoms with Gasteiger partial charge in [-0.05, 0) is 18.0 Å². The molecule has 0 saturated carbocycles. The molecule has 1 rings (SSSR count). The standard InChI is InChI=1S/C11H14N4O5/c1-20-10-6-7(15(18)19)2-3-8(10)11(17)9(16)4-5-13-14-12/h2-3,6,9,11,16-17H,4-5H2,1H3. The van der Waals surface area contributed by atoms with Gasteiger partial charge in [0.1, 0.15) is 11.9 Å². The Bertz CT molecular complexity index is 530. The number of aliphatic hydroxyl groups excluding tert-OH is 2. The molecule has 0 aliphatic carbocycles. The molecule has 1 aromatic rings. The van der Waals surface area contributed by atoms with Crippen LogP contribution in [0.15, 0.2) is 23.3 Å². The van der Waals surface area contributed by atoms with Gasteiger partial charge < -0.3 is 14.9 Å². The molecule has 0 amide bonds. The molecule has 0 heterocycles. The minimum atomic E-state index is -1.29. The lowest BCUT2D eigenvalue weighted by atomic mass is 10.0. The van der Waals surface area contributed by atoms with Crippen LogP contribution in [0, 0.1) is 10.1 Å². The minimum Gasteiger partial charge on any atom is -0.496 e. The van der Waals surface area contributed by atoms with E-state index in [0.717, 1.165) is 0 Å². The molecule has 0 radical (unpaired) electrons. The van der Waals surface area contributed by atoms with Crippen LogP contribution in [0.4, 0.5) is 5.69 Å². The fraction of sp³-hybridized carbons (Fsp3) is 0.455. The number of nitrogens with zero attached hydrogens (tertiary/aromatic N) is 4. The molecule has 1 aromatic carbocycles. The highest BCUT2D eigenvalue weighted by atomic mass is 16.6. The predicted octanol–water partition coefficient (Wildman–Crippen LogP) is 1.70. The van der Waals surface area contributed by atoms with Crippen LogP contribution < -0.4 is 4.74 Å². The van der Waals surface area contributed by atoms with E-state index in [2.05, 4.69) is 10.0 Å². The third-order valence-electron chi connectivity index (χ3n) is 2.70. The summed E-state index contributed by atoms with van der Waals surface area (Å²) >= 11 is 0. The number of benzene rings is 1. The Hall–Kier alpha value is -2.35. The molecule has 0 spiro atoms. The molecule has 0 saturated heterocycles. The maximum Gasteiger partial charge on any atom is 0.273 e. The van der Waals surface area contributed by atoms with Crippen LogP contribution in [0.5, 0.6) is 5.75 Å². The summed E-state index contributed by atoms with van der Waals surface area (Å²) in [7, 11) is 1.31. The van der Waals surface area contributed by atoms with Gasteiger partial charge in [0.05, 0.1) is 24.2 Å². The number of hydrogen-bond donors (Lipinski definition) is 2. The first-order chi connectivity index (χ1) is 9.51. The third-order valence-corrected chi connectivity index (χ3v) is 2.70. The van der Waals surface area contributed by atoms with Crippen LogP contribution in [0.1, 0.15) is 18.1 Å². The van der Waals surface area contributed by atoms with Crippen LogP contribution >= 0.6 is 0 Å². The highest BCUT2D eigenvalue weighted by molar-refractivity contribution is 5.45. The van der Waals surface area contributed by atoms with Crippen LogP contribution in [0.2, 0.25) is 0 Å². The molecular formula is C11H14N4O5. The predicted molar refractivity (Wildman–Crippen MR) is 69.2 cm³/mol. The number of nitro benzene ring substituents is 1. The molecule has 9 heteroatoms. The van der Waals surface area contributed by atoms with E-state index in [1.165, 1.54) is 25.3 Å². The van der Waals surface area contributed by atoms with E-state index in [1.54, 1.807) is 0 Å². The summed E-state index contributed by atoms with van der Waals surface area (Å²) in [6, 6.07) is 3.69. The number of non-ortho nitro benzene ring substituents is 1. The van der Waals surface area contributed by atoms with E-state index >= 15 is 0 Å². The van der Waals surface area contributed by atoms with E-state index in [9.17, 15) is 20.3 Å². The molecule has 0 bridgehead atoms. The molecule has 108 valence electrons. The monoisotopic (exact) mass is 282 g/mol. The first kappa shape index (κ1) is 15.7. The summed E-state index contributed by atoms with van der Waals surface area (Å²) in [5.74, 6) is 0.106. The van der Waals surface area contributed by atoms with Crippen molar-refractivity contribution >= 4 is 5.69 Å². The Balaban J connectivity index is 2.93. The van der Waals surface area contributed by atoms with Crippen molar-refractivity contribution in [1.82, 2.24) is 0 Å². The SMILES string of the molecule is COc1cc([N+](=O)[O-])ccc1C(O)C(O)CCN=[N+]=[N-]. The lowest BCUT2D eigenvalue weighted by molar-refractivity contribution is -0.385. The van der Waals surface area contributed by atoms with Gasteiger partial charge in [-0.25, -0.2) is 0 Å². The first-order valence-corrected chi connectivity index (χ1v) is 5.70. The summed E-state index contributed by atoms with van der Waals surface area (Å²) in [4.78, 5) is 12.6. The molecule has 0 aliphatic rings. The molecule has 20 heavy (non-hydrogen) atoms. The van der Waals surface area contributed by atoms with Gasteiger partial charge in [0.15, 0.2) is 0 Å². The van der Waals surface area contributed by atoms with Gasteiger partial charge in [-0.1, -0.05) is 5.11 Å². The van der Waals surface area contributed by atoms with Gasteiger partial charge >= 0.3 is 0 Å². The average Bonchev–Trinajstić information content (AvgIpc) is 2.45. The van der Waals surface area contributed by atoms with Crippen molar-refractivity contribution in [2.24, 2.45) is 5.11 Å². The average molecular weight is 282 g/mol. The Kier molecular flexibility index (Phi) is 5.73. The molecule has 2 unspecified atom stereocenters. The van der Waals surface area contributed by atoms with Gasteiger partial charge in [-0.15, -0.1) is 0 Å². The summed E-state index contributed by atoms with van der Waals surface area (Å²) in [5.41, 5.74) is 8.18. The summed E-state index contributed by atoms with van der Waals surface area (Å²) < 4.78 is 4.98. The van der Waals surface area contributed by atoms with E-state index in [-0.39, 0.29) is 30.0 Å². The van der Waals surface area contributed by atoms with Crippen molar-refractivity contribution in [2.45, 2.75) is 18.6 Å². The largest absolute Gasteiger partial charge is 0.496 e. The van der Waals surface area contributed by atoms with Crippen LogP contribution in [-0.4, -0.2) is 34.9 Å². The van der Waals surface area contributed by atoms with Gasteiger partial charge in [0.25, 0.3) is 5.69 Å². The fourth-order valence-electron chi connectivity index (χ4n) is 1.66. The van der Waals surface area contributed by atoms with E-state index in [0.29, 0.717) is 0 Å².